The number of ketones is 1. The smallest absolute Gasteiger partial charge is 0.169 e. The monoisotopic (exact) mass is 186 g/mol. The lowest BCUT2D eigenvalue weighted by Gasteiger charge is -2.21. The van der Waals surface area contributed by atoms with Crippen LogP contribution in [0.4, 0.5) is 0 Å². The summed E-state index contributed by atoms with van der Waals surface area (Å²) in [7, 11) is 0. The van der Waals surface area contributed by atoms with Crippen molar-refractivity contribution in [1.82, 2.24) is 0 Å². The number of thioether (sulfide) groups is 2. The Morgan fingerprint density at radius 3 is 2.73 bits per heavy atom. The van der Waals surface area contributed by atoms with Crippen molar-refractivity contribution < 1.29 is 4.79 Å². The van der Waals surface area contributed by atoms with Crippen LogP contribution in [-0.2, 0) is 4.79 Å². The van der Waals surface area contributed by atoms with E-state index >= 15 is 0 Å². The molecule has 0 fully saturated rings. The number of Topliss-reactive ketones (excluding diaryl/α,β-unsaturated/α-hetero) is 1. The van der Waals surface area contributed by atoms with Crippen LogP contribution < -0.4 is 0 Å². The van der Waals surface area contributed by atoms with Gasteiger partial charge in [-0.1, -0.05) is 0 Å². The largest absolute Gasteiger partial charge is 0.294 e. The average molecular weight is 186 g/mol. The molecule has 11 heavy (non-hydrogen) atoms. The van der Waals surface area contributed by atoms with Crippen LogP contribution in [0.2, 0.25) is 0 Å². The molecule has 1 nitrogen and oxygen atoms in total. The van der Waals surface area contributed by atoms with E-state index < -0.39 is 0 Å². The quantitative estimate of drug-likeness (QED) is 0.578. The van der Waals surface area contributed by atoms with Crippen molar-refractivity contribution in [3.8, 4) is 0 Å². The predicted octanol–water partition coefficient (Wildman–Crippen LogP) is 2.43. The SMILES string of the molecule is O=C1CCCC2=C1SCCS2. The van der Waals surface area contributed by atoms with Gasteiger partial charge in [0.1, 0.15) is 0 Å². The van der Waals surface area contributed by atoms with Gasteiger partial charge in [0.05, 0.1) is 4.91 Å². The third kappa shape index (κ3) is 1.49. The summed E-state index contributed by atoms with van der Waals surface area (Å²) in [6, 6.07) is 0. The molecule has 1 aliphatic carbocycles. The fourth-order valence-electron chi connectivity index (χ4n) is 1.40. The second kappa shape index (κ2) is 3.23. The molecular formula is C8H10OS2. The van der Waals surface area contributed by atoms with Crippen LogP contribution in [0.1, 0.15) is 19.3 Å². The molecule has 1 aliphatic heterocycles. The Bertz CT molecular complexity index is 216. The Morgan fingerprint density at radius 2 is 1.91 bits per heavy atom. The maximum absolute atomic E-state index is 11.3. The van der Waals surface area contributed by atoms with Crippen molar-refractivity contribution in [2.45, 2.75) is 19.3 Å². The molecule has 0 unspecified atom stereocenters. The van der Waals surface area contributed by atoms with E-state index in [2.05, 4.69) is 0 Å². The maximum atomic E-state index is 11.3. The van der Waals surface area contributed by atoms with Crippen LogP contribution in [0, 0.1) is 0 Å². The standard InChI is InChI=1S/C8H10OS2/c9-6-2-1-3-7-8(6)11-5-4-10-7/h1-5H2. The predicted molar refractivity (Wildman–Crippen MR) is 50.8 cm³/mol. The number of hydrogen-bond donors (Lipinski definition) is 0. The minimum atomic E-state index is 0.392. The van der Waals surface area contributed by atoms with Crippen molar-refractivity contribution in [1.29, 1.82) is 0 Å². The summed E-state index contributed by atoms with van der Waals surface area (Å²) in [5.41, 5.74) is 0. The molecule has 0 aromatic carbocycles. The summed E-state index contributed by atoms with van der Waals surface area (Å²) in [6.07, 6.45) is 3.01. The molecule has 0 N–H and O–H groups in total. The Labute approximate surface area is 75.0 Å². The van der Waals surface area contributed by atoms with Crippen molar-refractivity contribution in [2.24, 2.45) is 0 Å². The number of hydrogen-bond acceptors (Lipinski definition) is 3. The molecule has 0 aromatic rings. The van der Waals surface area contributed by atoms with Crippen LogP contribution in [0.3, 0.4) is 0 Å². The van der Waals surface area contributed by atoms with Crippen LogP contribution in [-0.4, -0.2) is 17.3 Å². The third-order valence-corrected chi connectivity index (χ3v) is 4.64. The van der Waals surface area contributed by atoms with Gasteiger partial charge < -0.3 is 0 Å². The molecule has 0 aromatic heterocycles. The van der Waals surface area contributed by atoms with Gasteiger partial charge in [0.15, 0.2) is 5.78 Å². The van der Waals surface area contributed by atoms with Crippen molar-refractivity contribution in [2.75, 3.05) is 11.5 Å². The molecular weight excluding hydrogens is 176 g/mol. The van der Waals surface area contributed by atoms with E-state index in [9.17, 15) is 4.79 Å². The molecule has 0 atom stereocenters. The van der Waals surface area contributed by atoms with E-state index in [4.69, 9.17) is 0 Å². The van der Waals surface area contributed by atoms with Gasteiger partial charge in [0, 0.05) is 22.8 Å². The highest BCUT2D eigenvalue weighted by atomic mass is 32.2. The fourth-order valence-corrected chi connectivity index (χ4v) is 3.93. The van der Waals surface area contributed by atoms with Crippen LogP contribution in [0.15, 0.2) is 9.81 Å². The number of rotatable bonds is 0. The highest BCUT2D eigenvalue weighted by molar-refractivity contribution is 8.10. The summed E-state index contributed by atoms with van der Waals surface area (Å²) in [6.45, 7) is 0. The number of allylic oxidation sites excluding steroid dienone is 2. The van der Waals surface area contributed by atoms with E-state index in [1.807, 2.05) is 11.8 Å². The molecule has 2 rings (SSSR count). The number of carbonyl (C=O) groups is 1. The van der Waals surface area contributed by atoms with Crippen LogP contribution in [0.5, 0.6) is 0 Å². The molecule has 1 heterocycles. The van der Waals surface area contributed by atoms with E-state index in [1.165, 1.54) is 10.7 Å². The highest BCUT2D eigenvalue weighted by Crippen LogP contribution is 2.40. The lowest BCUT2D eigenvalue weighted by Crippen LogP contribution is -2.12. The van der Waals surface area contributed by atoms with Gasteiger partial charge in [-0.2, -0.15) is 0 Å². The van der Waals surface area contributed by atoms with Gasteiger partial charge in [-0.05, 0) is 12.8 Å². The summed E-state index contributed by atoms with van der Waals surface area (Å²) in [5.74, 6) is 2.70. The van der Waals surface area contributed by atoms with E-state index in [0.717, 1.165) is 29.9 Å². The Hall–Kier alpha value is 0.110. The first-order chi connectivity index (χ1) is 5.38. The first kappa shape index (κ1) is 7.74. The lowest BCUT2D eigenvalue weighted by molar-refractivity contribution is -0.115. The number of carbonyl (C=O) groups excluding carboxylic acids is 1. The first-order valence-electron chi connectivity index (χ1n) is 3.90. The van der Waals surface area contributed by atoms with Gasteiger partial charge in [-0.25, -0.2) is 0 Å². The van der Waals surface area contributed by atoms with Crippen molar-refractivity contribution in [3.63, 3.8) is 0 Å². The minimum absolute atomic E-state index is 0.392. The molecule has 0 saturated heterocycles. The Kier molecular flexibility index (Phi) is 2.28. The van der Waals surface area contributed by atoms with E-state index in [0.29, 0.717) is 5.78 Å². The maximum Gasteiger partial charge on any atom is 0.169 e. The third-order valence-electron chi connectivity index (χ3n) is 1.92. The zero-order valence-corrected chi connectivity index (χ0v) is 7.89. The van der Waals surface area contributed by atoms with Gasteiger partial charge in [-0.15, -0.1) is 23.5 Å². The molecule has 0 radical (unpaired) electrons. The Morgan fingerprint density at radius 1 is 1.09 bits per heavy atom. The van der Waals surface area contributed by atoms with Gasteiger partial charge in [0.2, 0.25) is 0 Å². The van der Waals surface area contributed by atoms with E-state index in [-0.39, 0.29) is 0 Å². The zero-order valence-electron chi connectivity index (χ0n) is 6.26. The van der Waals surface area contributed by atoms with Gasteiger partial charge >= 0.3 is 0 Å². The average Bonchev–Trinajstić information content (AvgIpc) is 2.06. The minimum Gasteiger partial charge on any atom is -0.294 e. The topological polar surface area (TPSA) is 17.1 Å². The van der Waals surface area contributed by atoms with Crippen molar-refractivity contribution in [3.05, 3.63) is 9.81 Å². The highest BCUT2D eigenvalue weighted by Gasteiger charge is 2.23. The summed E-state index contributed by atoms with van der Waals surface area (Å²) in [4.78, 5) is 13.8. The molecule has 60 valence electrons. The van der Waals surface area contributed by atoms with Crippen LogP contribution >= 0.6 is 23.5 Å². The zero-order chi connectivity index (χ0) is 7.68. The molecule has 0 amide bonds. The summed E-state index contributed by atoms with van der Waals surface area (Å²) in [5, 5.41) is 0. The lowest BCUT2D eigenvalue weighted by atomic mass is 10.1. The second-order valence-corrected chi connectivity index (χ2v) is 5.02. The van der Waals surface area contributed by atoms with Crippen molar-refractivity contribution >= 4 is 29.3 Å². The Balaban J connectivity index is 2.27. The summed E-state index contributed by atoms with van der Waals surface area (Å²) < 4.78 is 0. The molecule has 0 saturated carbocycles. The molecule has 3 heteroatoms. The molecule has 0 bridgehead atoms. The normalized spacial score (nSPS) is 25.3. The second-order valence-electron chi connectivity index (χ2n) is 2.73. The van der Waals surface area contributed by atoms with Gasteiger partial charge in [0.25, 0.3) is 0 Å². The van der Waals surface area contributed by atoms with Crippen LogP contribution in [0.25, 0.3) is 0 Å². The van der Waals surface area contributed by atoms with E-state index in [1.54, 1.807) is 11.8 Å². The summed E-state index contributed by atoms with van der Waals surface area (Å²) >= 11 is 3.65. The fraction of sp³-hybridized carbons (Fsp3) is 0.625. The first-order valence-corrected chi connectivity index (χ1v) is 5.87. The molecule has 2 aliphatic rings. The van der Waals surface area contributed by atoms with Gasteiger partial charge in [-0.3, -0.25) is 4.79 Å². The molecule has 0 spiro atoms.